The highest BCUT2D eigenvalue weighted by Crippen LogP contribution is 2.26. The van der Waals surface area contributed by atoms with Gasteiger partial charge in [0.15, 0.2) is 0 Å². The fourth-order valence-corrected chi connectivity index (χ4v) is 2.71. The van der Waals surface area contributed by atoms with Gasteiger partial charge in [0.25, 0.3) is 0 Å². The summed E-state index contributed by atoms with van der Waals surface area (Å²) in [5, 5.41) is 4.25. The van der Waals surface area contributed by atoms with Crippen LogP contribution in [-0.2, 0) is 0 Å². The molecular weight excluding hydrogens is 306 g/mol. The van der Waals surface area contributed by atoms with Crippen molar-refractivity contribution in [1.29, 1.82) is 0 Å². The molecular formula is C13H16BrN5. The highest BCUT2D eigenvalue weighted by molar-refractivity contribution is 9.10. The van der Waals surface area contributed by atoms with Crippen molar-refractivity contribution in [3.05, 3.63) is 35.0 Å². The second kappa shape index (κ2) is 5.28. The smallest absolute Gasteiger partial charge is 0.137 e. The van der Waals surface area contributed by atoms with E-state index in [-0.39, 0.29) is 0 Å². The molecule has 0 unspecified atom stereocenters. The molecule has 0 spiro atoms. The lowest BCUT2D eigenvalue weighted by molar-refractivity contribution is 0.374. The Morgan fingerprint density at radius 3 is 3.00 bits per heavy atom. The summed E-state index contributed by atoms with van der Waals surface area (Å²) in [6, 6.07) is 4.53. The summed E-state index contributed by atoms with van der Waals surface area (Å²) in [5.41, 5.74) is 1.03. The Morgan fingerprint density at radius 2 is 2.26 bits per heavy atom. The Labute approximate surface area is 120 Å². The maximum atomic E-state index is 4.65. The second-order valence-corrected chi connectivity index (χ2v) is 5.71. The molecule has 19 heavy (non-hydrogen) atoms. The van der Waals surface area contributed by atoms with Crippen LogP contribution in [0.1, 0.15) is 24.6 Å². The zero-order valence-electron chi connectivity index (χ0n) is 10.8. The van der Waals surface area contributed by atoms with E-state index >= 15 is 0 Å². The molecule has 0 saturated carbocycles. The van der Waals surface area contributed by atoms with E-state index in [1.165, 1.54) is 0 Å². The van der Waals surface area contributed by atoms with Gasteiger partial charge in [0, 0.05) is 17.6 Å². The van der Waals surface area contributed by atoms with Crippen molar-refractivity contribution in [3.63, 3.8) is 0 Å². The molecule has 0 bridgehead atoms. The quantitative estimate of drug-likeness (QED) is 0.853. The van der Waals surface area contributed by atoms with Crippen LogP contribution in [0.4, 0.5) is 5.82 Å². The van der Waals surface area contributed by atoms with Gasteiger partial charge in [-0.1, -0.05) is 0 Å². The third-order valence-corrected chi connectivity index (χ3v) is 4.38. The van der Waals surface area contributed by atoms with Crippen molar-refractivity contribution < 1.29 is 0 Å². The van der Waals surface area contributed by atoms with Crippen LogP contribution in [-0.4, -0.2) is 32.8 Å². The van der Waals surface area contributed by atoms with E-state index in [1.807, 2.05) is 11.6 Å². The molecule has 100 valence electrons. The number of piperidine rings is 1. The highest BCUT2D eigenvalue weighted by atomic mass is 79.9. The Morgan fingerprint density at radius 1 is 1.37 bits per heavy atom. The van der Waals surface area contributed by atoms with E-state index in [4.69, 9.17) is 0 Å². The lowest BCUT2D eigenvalue weighted by Gasteiger charge is -2.33. The lowest BCUT2D eigenvalue weighted by atomic mass is 10.1. The Kier molecular flexibility index (Phi) is 3.50. The molecule has 2 aromatic rings. The normalized spacial score (nSPS) is 19.7. The lowest BCUT2D eigenvalue weighted by Crippen LogP contribution is -2.37. The number of anilines is 1. The van der Waals surface area contributed by atoms with Crippen LogP contribution in [0.15, 0.2) is 29.3 Å². The van der Waals surface area contributed by atoms with Crippen LogP contribution < -0.4 is 4.90 Å². The third kappa shape index (κ3) is 2.63. The molecule has 1 aliphatic rings. The van der Waals surface area contributed by atoms with Gasteiger partial charge in [-0.05, 0) is 47.8 Å². The number of pyridine rings is 1. The molecule has 0 aliphatic carbocycles. The molecule has 3 rings (SSSR count). The number of aryl methyl sites for hydroxylation is 1. The monoisotopic (exact) mass is 321 g/mol. The summed E-state index contributed by atoms with van der Waals surface area (Å²) < 4.78 is 3.01. The summed E-state index contributed by atoms with van der Waals surface area (Å²) in [5.74, 6) is 1.05. The molecule has 0 aromatic carbocycles. The maximum absolute atomic E-state index is 4.65. The standard InChI is InChI=1S/C13H16BrN5/c1-10-12(14)4-5-13(17-10)18-6-2-3-11(7-18)19-9-15-8-16-19/h4-5,8-9,11H,2-3,6-7H2,1H3/t11-/m0/s1. The average Bonchev–Trinajstić information content (AvgIpc) is 2.96. The van der Waals surface area contributed by atoms with Crippen LogP contribution in [0.5, 0.6) is 0 Å². The second-order valence-electron chi connectivity index (χ2n) is 4.85. The predicted octanol–water partition coefficient (Wildman–Crippen LogP) is 2.59. The molecule has 3 heterocycles. The number of halogens is 1. The zero-order valence-corrected chi connectivity index (χ0v) is 12.4. The summed E-state index contributed by atoms with van der Waals surface area (Å²) >= 11 is 3.49. The van der Waals surface area contributed by atoms with Crippen molar-refractivity contribution in [1.82, 2.24) is 19.7 Å². The summed E-state index contributed by atoms with van der Waals surface area (Å²) in [4.78, 5) is 11.0. The molecule has 1 aliphatic heterocycles. The van der Waals surface area contributed by atoms with Crippen molar-refractivity contribution in [2.75, 3.05) is 18.0 Å². The summed E-state index contributed by atoms with van der Waals surface area (Å²) in [6.07, 6.45) is 5.70. The summed E-state index contributed by atoms with van der Waals surface area (Å²) in [7, 11) is 0. The number of nitrogens with zero attached hydrogens (tertiary/aromatic N) is 5. The maximum Gasteiger partial charge on any atom is 0.137 e. The Bertz CT molecular complexity index is 554. The van der Waals surface area contributed by atoms with Crippen molar-refractivity contribution in [3.8, 4) is 0 Å². The third-order valence-electron chi connectivity index (χ3n) is 3.54. The summed E-state index contributed by atoms with van der Waals surface area (Å²) in [6.45, 7) is 4.02. The van der Waals surface area contributed by atoms with Gasteiger partial charge in [0.05, 0.1) is 11.7 Å². The van der Waals surface area contributed by atoms with Crippen LogP contribution in [0, 0.1) is 6.92 Å². The van der Waals surface area contributed by atoms with Crippen molar-refractivity contribution in [2.24, 2.45) is 0 Å². The fourth-order valence-electron chi connectivity index (χ4n) is 2.49. The minimum Gasteiger partial charge on any atom is -0.354 e. The molecule has 5 nitrogen and oxygen atoms in total. The van der Waals surface area contributed by atoms with E-state index < -0.39 is 0 Å². The highest BCUT2D eigenvalue weighted by Gasteiger charge is 2.22. The first-order chi connectivity index (χ1) is 9.24. The Balaban J connectivity index is 1.79. The largest absolute Gasteiger partial charge is 0.354 e. The molecule has 6 heteroatoms. The molecule has 1 fully saturated rings. The first-order valence-corrected chi connectivity index (χ1v) is 7.25. The number of rotatable bonds is 2. The van der Waals surface area contributed by atoms with Gasteiger partial charge in [-0.15, -0.1) is 0 Å². The van der Waals surface area contributed by atoms with Gasteiger partial charge >= 0.3 is 0 Å². The van der Waals surface area contributed by atoms with Gasteiger partial charge in [0.2, 0.25) is 0 Å². The number of hydrogen-bond acceptors (Lipinski definition) is 4. The fraction of sp³-hybridized carbons (Fsp3) is 0.462. The van der Waals surface area contributed by atoms with Crippen LogP contribution >= 0.6 is 15.9 Å². The molecule has 0 N–H and O–H groups in total. The minimum atomic E-state index is 0.391. The predicted molar refractivity (Wildman–Crippen MR) is 77.2 cm³/mol. The number of hydrogen-bond donors (Lipinski definition) is 0. The average molecular weight is 322 g/mol. The molecule has 1 atom stereocenters. The Hall–Kier alpha value is -1.43. The van der Waals surface area contributed by atoms with E-state index in [9.17, 15) is 0 Å². The van der Waals surface area contributed by atoms with E-state index in [1.54, 1.807) is 12.7 Å². The molecule has 1 saturated heterocycles. The van der Waals surface area contributed by atoms with Gasteiger partial charge < -0.3 is 4.90 Å². The van der Waals surface area contributed by atoms with Gasteiger partial charge in [-0.2, -0.15) is 5.10 Å². The van der Waals surface area contributed by atoms with E-state index in [2.05, 4.69) is 48.0 Å². The SMILES string of the molecule is Cc1nc(N2CCC[C@H](n3cncn3)C2)ccc1Br. The van der Waals surface area contributed by atoms with Crippen LogP contribution in [0.25, 0.3) is 0 Å². The molecule has 0 amide bonds. The molecule has 0 radical (unpaired) electrons. The first-order valence-electron chi connectivity index (χ1n) is 6.46. The van der Waals surface area contributed by atoms with E-state index in [0.29, 0.717) is 6.04 Å². The van der Waals surface area contributed by atoms with Gasteiger partial charge in [0.1, 0.15) is 18.5 Å². The van der Waals surface area contributed by atoms with Crippen molar-refractivity contribution in [2.45, 2.75) is 25.8 Å². The first kappa shape index (κ1) is 12.6. The van der Waals surface area contributed by atoms with Crippen LogP contribution in [0.2, 0.25) is 0 Å². The zero-order chi connectivity index (χ0) is 13.2. The topological polar surface area (TPSA) is 46.8 Å². The van der Waals surface area contributed by atoms with Gasteiger partial charge in [-0.3, -0.25) is 0 Å². The van der Waals surface area contributed by atoms with Gasteiger partial charge in [-0.25, -0.2) is 14.6 Å². The molecule has 2 aromatic heterocycles. The van der Waals surface area contributed by atoms with Crippen molar-refractivity contribution >= 4 is 21.7 Å². The van der Waals surface area contributed by atoms with E-state index in [0.717, 1.165) is 41.9 Å². The minimum absolute atomic E-state index is 0.391. The number of aromatic nitrogens is 4. The van der Waals surface area contributed by atoms with Crippen LogP contribution in [0.3, 0.4) is 0 Å².